The fraction of sp³-hybridized carbons (Fsp3) is 0.0800. The lowest BCUT2D eigenvalue weighted by Gasteiger charge is -2.13. The summed E-state index contributed by atoms with van der Waals surface area (Å²) < 4.78 is 41.5. The Morgan fingerprint density at radius 2 is 1.82 bits per heavy atom. The van der Waals surface area contributed by atoms with Crippen molar-refractivity contribution in [3.8, 4) is 16.6 Å². The Kier molecular flexibility index (Phi) is 6.61. The van der Waals surface area contributed by atoms with Gasteiger partial charge in [0, 0.05) is 11.8 Å². The maximum Gasteiger partial charge on any atom is 0.418 e. The Morgan fingerprint density at radius 1 is 1.09 bits per heavy atom. The smallest absolute Gasteiger partial charge is 0.321 e. The molecule has 0 saturated heterocycles. The normalized spacial score (nSPS) is 11.8. The van der Waals surface area contributed by atoms with Gasteiger partial charge in [0.1, 0.15) is 17.3 Å². The van der Waals surface area contributed by atoms with Crippen LogP contribution >= 0.6 is 11.3 Å². The van der Waals surface area contributed by atoms with Crippen LogP contribution in [-0.4, -0.2) is 15.7 Å². The van der Waals surface area contributed by atoms with E-state index in [1.807, 2.05) is 47.8 Å². The Morgan fingerprint density at radius 3 is 2.50 bits per heavy atom. The second kappa shape index (κ2) is 9.77. The second-order valence-electron chi connectivity index (χ2n) is 7.26. The monoisotopic (exact) mass is 478 g/mol. The van der Waals surface area contributed by atoms with E-state index in [9.17, 15) is 23.2 Å². The van der Waals surface area contributed by atoms with E-state index >= 15 is 0 Å². The quantitative estimate of drug-likeness (QED) is 0.264. The van der Waals surface area contributed by atoms with Crippen LogP contribution in [0.5, 0.6) is 0 Å². The van der Waals surface area contributed by atoms with E-state index in [2.05, 4.69) is 10.4 Å². The molecule has 5 nitrogen and oxygen atoms in total. The van der Waals surface area contributed by atoms with Crippen molar-refractivity contribution >= 4 is 29.0 Å². The van der Waals surface area contributed by atoms with Crippen LogP contribution in [-0.2, 0) is 17.5 Å². The molecule has 0 fully saturated rings. The highest BCUT2D eigenvalue weighted by Gasteiger charge is 2.33. The fourth-order valence-corrected chi connectivity index (χ4v) is 4.06. The molecule has 4 aromatic rings. The molecule has 0 bridgehead atoms. The zero-order valence-electron chi connectivity index (χ0n) is 17.6. The summed E-state index contributed by atoms with van der Waals surface area (Å²) in [6.45, 7) is 0.472. The van der Waals surface area contributed by atoms with E-state index in [1.54, 1.807) is 16.9 Å². The van der Waals surface area contributed by atoms with Gasteiger partial charge in [-0.3, -0.25) is 9.48 Å². The first-order valence-electron chi connectivity index (χ1n) is 10.1. The van der Waals surface area contributed by atoms with Crippen LogP contribution < -0.4 is 5.32 Å². The average Bonchev–Trinajstić information content (AvgIpc) is 3.47. The first kappa shape index (κ1) is 23.0. The molecular weight excluding hydrogens is 461 g/mol. The van der Waals surface area contributed by atoms with Crippen LogP contribution in [0.1, 0.15) is 16.7 Å². The number of nitrogens with zero attached hydrogens (tertiary/aromatic N) is 3. The molecule has 0 aliphatic heterocycles. The molecule has 2 aromatic heterocycles. The summed E-state index contributed by atoms with van der Waals surface area (Å²) in [5.41, 5.74) is 0.348. The third-order valence-electron chi connectivity index (χ3n) is 4.88. The van der Waals surface area contributed by atoms with Crippen molar-refractivity contribution < 1.29 is 18.0 Å². The van der Waals surface area contributed by atoms with E-state index < -0.39 is 23.3 Å². The third-order valence-corrected chi connectivity index (χ3v) is 5.75. The number of alkyl halides is 3. The number of para-hydroxylation sites is 1. The number of carbonyl (C=O) groups is 1. The Labute approximate surface area is 197 Å². The molecule has 2 heterocycles. The number of amides is 1. The molecule has 0 spiro atoms. The van der Waals surface area contributed by atoms with Crippen LogP contribution in [0.25, 0.3) is 16.6 Å². The topological polar surface area (TPSA) is 70.7 Å². The summed E-state index contributed by atoms with van der Waals surface area (Å²) in [6.07, 6.45) is -1.60. The van der Waals surface area contributed by atoms with Crippen LogP contribution in [0, 0.1) is 11.3 Å². The highest BCUT2D eigenvalue weighted by Crippen LogP contribution is 2.35. The summed E-state index contributed by atoms with van der Waals surface area (Å²) in [7, 11) is 0. The van der Waals surface area contributed by atoms with Crippen LogP contribution in [0.15, 0.2) is 83.9 Å². The zero-order valence-corrected chi connectivity index (χ0v) is 18.4. The minimum atomic E-state index is -4.65. The lowest BCUT2D eigenvalue weighted by Crippen LogP contribution is -2.17. The third kappa shape index (κ3) is 5.24. The molecule has 0 unspecified atom stereocenters. The number of benzene rings is 2. The minimum absolute atomic E-state index is 0.339. The molecule has 0 radical (unpaired) electrons. The Balaban J connectivity index is 1.68. The van der Waals surface area contributed by atoms with Gasteiger partial charge in [0.15, 0.2) is 0 Å². The summed E-state index contributed by atoms with van der Waals surface area (Å²) in [5, 5.41) is 18.3. The van der Waals surface area contributed by atoms with Crippen molar-refractivity contribution in [3.63, 3.8) is 0 Å². The van der Waals surface area contributed by atoms with Crippen molar-refractivity contribution in [1.29, 1.82) is 5.26 Å². The first-order chi connectivity index (χ1) is 16.3. The Bertz CT molecular complexity index is 1370. The van der Waals surface area contributed by atoms with Crippen LogP contribution in [0.3, 0.4) is 0 Å². The maximum atomic E-state index is 13.3. The van der Waals surface area contributed by atoms with Crippen molar-refractivity contribution in [2.24, 2.45) is 0 Å². The molecule has 0 atom stereocenters. The molecular formula is C25H17F3N4OS. The lowest BCUT2D eigenvalue weighted by atomic mass is 10.1. The van der Waals surface area contributed by atoms with Gasteiger partial charge in [-0.05, 0) is 35.2 Å². The van der Waals surface area contributed by atoms with Gasteiger partial charge in [-0.1, -0.05) is 48.5 Å². The predicted octanol–water partition coefficient (Wildman–Crippen LogP) is 6.22. The van der Waals surface area contributed by atoms with Crippen LogP contribution in [0.2, 0.25) is 0 Å². The van der Waals surface area contributed by atoms with E-state index in [4.69, 9.17) is 0 Å². The average molecular weight is 478 g/mol. The van der Waals surface area contributed by atoms with Crippen molar-refractivity contribution in [2.45, 2.75) is 12.7 Å². The number of halogens is 3. The maximum absolute atomic E-state index is 13.3. The summed E-state index contributed by atoms with van der Waals surface area (Å²) in [4.78, 5) is 13.6. The highest BCUT2D eigenvalue weighted by atomic mass is 32.1. The Hall–Kier alpha value is -4.16. The molecule has 4 rings (SSSR count). The number of nitrogens with one attached hydrogen (secondary N) is 1. The molecule has 9 heteroatoms. The predicted molar refractivity (Wildman–Crippen MR) is 125 cm³/mol. The number of thiophene rings is 1. The van der Waals surface area contributed by atoms with Gasteiger partial charge in [0.25, 0.3) is 5.91 Å². The van der Waals surface area contributed by atoms with Crippen molar-refractivity contribution in [2.75, 3.05) is 5.32 Å². The van der Waals surface area contributed by atoms with E-state index in [1.165, 1.54) is 29.5 Å². The second-order valence-corrected chi connectivity index (χ2v) is 8.21. The molecule has 1 N–H and O–H groups in total. The number of rotatable bonds is 6. The van der Waals surface area contributed by atoms with Gasteiger partial charge in [0.05, 0.1) is 22.7 Å². The molecule has 2 aromatic carbocycles. The van der Waals surface area contributed by atoms with Crippen LogP contribution in [0.4, 0.5) is 18.9 Å². The van der Waals surface area contributed by atoms with Gasteiger partial charge in [-0.15, -0.1) is 11.3 Å². The SMILES string of the molecule is N#C/C(=C\c1cn(Cc2ccccc2)nc1-c1cccs1)C(=O)Nc1ccccc1C(F)(F)F. The lowest BCUT2D eigenvalue weighted by molar-refractivity contribution is -0.137. The van der Waals surface area contributed by atoms with Crippen molar-refractivity contribution in [3.05, 3.63) is 101 Å². The largest absolute Gasteiger partial charge is 0.418 e. The first-order valence-corrected chi connectivity index (χ1v) is 11.0. The zero-order chi connectivity index (χ0) is 24.1. The molecule has 0 aliphatic carbocycles. The van der Waals surface area contributed by atoms with Gasteiger partial charge < -0.3 is 5.32 Å². The molecule has 0 aliphatic rings. The number of hydrogen-bond acceptors (Lipinski definition) is 4. The molecule has 1 amide bonds. The van der Waals surface area contributed by atoms with Gasteiger partial charge in [0.2, 0.25) is 0 Å². The highest BCUT2D eigenvalue weighted by molar-refractivity contribution is 7.13. The van der Waals surface area contributed by atoms with Gasteiger partial charge in [-0.25, -0.2) is 0 Å². The number of aromatic nitrogens is 2. The molecule has 170 valence electrons. The van der Waals surface area contributed by atoms with Gasteiger partial charge >= 0.3 is 6.18 Å². The summed E-state index contributed by atoms with van der Waals surface area (Å²) in [5.74, 6) is -0.938. The van der Waals surface area contributed by atoms with E-state index in [0.717, 1.165) is 22.6 Å². The number of hydrogen-bond donors (Lipinski definition) is 1. The number of anilines is 1. The van der Waals surface area contributed by atoms with Gasteiger partial charge in [-0.2, -0.15) is 23.5 Å². The fourth-order valence-electron chi connectivity index (χ4n) is 3.33. The number of carbonyl (C=O) groups excluding carboxylic acids is 1. The minimum Gasteiger partial charge on any atom is -0.321 e. The van der Waals surface area contributed by atoms with E-state index in [0.29, 0.717) is 17.8 Å². The molecule has 0 saturated carbocycles. The number of nitriles is 1. The van der Waals surface area contributed by atoms with E-state index in [-0.39, 0.29) is 5.57 Å². The summed E-state index contributed by atoms with van der Waals surface area (Å²) in [6, 6.07) is 19.8. The summed E-state index contributed by atoms with van der Waals surface area (Å²) >= 11 is 1.45. The standard InChI is InChI=1S/C25H17F3N4OS/c26-25(27,28)20-9-4-5-10-21(20)30-24(33)18(14-29)13-19-16-32(15-17-7-2-1-3-8-17)31-23(19)22-11-6-12-34-22/h1-13,16H,15H2,(H,30,33)/b18-13+. The molecule has 34 heavy (non-hydrogen) atoms. The van der Waals surface area contributed by atoms with Crippen molar-refractivity contribution in [1.82, 2.24) is 9.78 Å².